The van der Waals surface area contributed by atoms with E-state index in [1.165, 1.54) is 6.07 Å². The minimum Gasteiger partial charge on any atom is -0.335 e. The molecule has 5 heteroatoms. The molecule has 0 saturated carbocycles. The fraction of sp³-hybridized carbons (Fsp3) is 0.588. The molecule has 1 fully saturated rings. The molecular formula is C17H26FN3O. The Morgan fingerprint density at radius 2 is 1.82 bits per heavy atom. The van der Waals surface area contributed by atoms with Crippen LogP contribution in [0.4, 0.5) is 9.18 Å². The van der Waals surface area contributed by atoms with Crippen LogP contribution in [0.2, 0.25) is 0 Å². The molecule has 0 spiro atoms. The molecule has 2 rings (SSSR count). The standard InChI is InChI=1S/C17H26FN3O/c1-16(2)9-13(10-17(3,4)21-16)20-15(22)19-11-12-7-5-6-8-14(12)18/h5-8,13,21H,9-11H2,1-4H3,(H2,19,20,22). The van der Waals surface area contributed by atoms with Crippen LogP contribution >= 0.6 is 0 Å². The van der Waals surface area contributed by atoms with E-state index in [0.717, 1.165) is 12.8 Å². The van der Waals surface area contributed by atoms with Crippen molar-refractivity contribution in [2.45, 2.75) is 64.2 Å². The van der Waals surface area contributed by atoms with Crippen molar-refractivity contribution in [1.82, 2.24) is 16.0 Å². The highest BCUT2D eigenvalue weighted by Crippen LogP contribution is 2.28. The number of amides is 2. The average molecular weight is 307 g/mol. The predicted octanol–water partition coefficient (Wildman–Crippen LogP) is 2.93. The molecule has 0 bridgehead atoms. The maximum atomic E-state index is 13.5. The van der Waals surface area contributed by atoms with Gasteiger partial charge >= 0.3 is 6.03 Å². The van der Waals surface area contributed by atoms with Crippen molar-refractivity contribution < 1.29 is 9.18 Å². The second kappa shape index (κ2) is 6.24. The molecule has 2 amide bonds. The number of hydrogen-bond acceptors (Lipinski definition) is 2. The van der Waals surface area contributed by atoms with Gasteiger partial charge in [-0.2, -0.15) is 0 Å². The zero-order valence-corrected chi connectivity index (χ0v) is 13.8. The Hall–Kier alpha value is -1.62. The lowest BCUT2D eigenvalue weighted by Gasteiger charge is -2.46. The van der Waals surface area contributed by atoms with Crippen molar-refractivity contribution >= 4 is 6.03 Å². The lowest BCUT2D eigenvalue weighted by Crippen LogP contribution is -2.62. The molecule has 1 aromatic rings. The van der Waals surface area contributed by atoms with Gasteiger partial charge in [0.15, 0.2) is 0 Å². The molecule has 122 valence electrons. The highest BCUT2D eigenvalue weighted by molar-refractivity contribution is 5.74. The smallest absolute Gasteiger partial charge is 0.315 e. The van der Waals surface area contributed by atoms with Crippen molar-refractivity contribution in [1.29, 1.82) is 0 Å². The van der Waals surface area contributed by atoms with Crippen molar-refractivity contribution in [3.05, 3.63) is 35.6 Å². The quantitative estimate of drug-likeness (QED) is 0.804. The number of piperidine rings is 1. The summed E-state index contributed by atoms with van der Waals surface area (Å²) in [7, 11) is 0. The highest BCUT2D eigenvalue weighted by atomic mass is 19.1. The molecule has 1 saturated heterocycles. The summed E-state index contributed by atoms with van der Waals surface area (Å²) in [6.45, 7) is 8.75. The fourth-order valence-electron chi connectivity index (χ4n) is 3.48. The second-order valence-corrected chi connectivity index (χ2v) is 7.42. The van der Waals surface area contributed by atoms with Gasteiger partial charge in [-0.25, -0.2) is 9.18 Å². The first kappa shape index (κ1) is 16.7. The van der Waals surface area contributed by atoms with Crippen LogP contribution in [0.25, 0.3) is 0 Å². The van der Waals surface area contributed by atoms with E-state index >= 15 is 0 Å². The van der Waals surface area contributed by atoms with Gasteiger partial charge < -0.3 is 16.0 Å². The third-order valence-electron chi connectivity index (χ3n) is 3.92. The Balaban J connectivity index is 1.88. The lowest BCUT2D eigenvalue weighted by atomic mass is 9.80. The van der Waals surface area contributed by atoms with E-state index in [0.29, 0.717) is 5.56 Å². The molecule has 0 aliphatic carbocycles. The van der Waals surface area contributed by atoms with Crippen LogP contribution < -0.4 is 16.0 Å². The van der Waals surface area contributed by atoms with Crippen LogP contribution in [0.15, 0.2) is 24.3 Å². The Morgan fingerprint density at radius 3 is 2.41 bits per heavy atom. The summed E-state index contributed by atoms with van der Waals surface area (Å²) in [6.07, 6.45) is 1.73. The minimum atomic E-state index is -0.299. The van der Waals surface area contributed by atoms with Gasteiger partial charge in [0.05, 0.1) is 0 Å². The van der Waals surface area contributed by atoms with Gasteiger partial charge in [-0.3, -0.25) is 0 Å². The van der Waals surface area contributed by atoms with Crippen molar-refractivity contribution in [3.8, 4) is 0 Å². The van der Waals surface area contributed by atoms with E-state index in [2.05, 4.69) is 43.6 Å². The molecule has 0 unspecified atom stereocenters. The minimum absolute atomic E-state index is 0.0226. The largest absolute Gasteiger partial charge is 0.335 e. The van der Waals surface area contributed by atoms with E-state index in [4.69, 9.17) is 0 Å². The van der Waals surface area contributed by atoms with Gasteiger partial charge in [0, 0.05) is 29.2 Å². The van der Waals surface area contributed by atoms with E-state index in [-0.39, 0.29) is 35.5 Å². The van der Waals surface area contributed by atoms with E-state index in [1.807, 2.05) is 0 Å². The van der Waals surface area contributed by atoms with E-state index in [1.54, 1.807) is 18.2 Å². The normalized spacial score (nSPS) is 20.4. The molecule has 0 radical (unpaired) electrons. The third kappa shape index (κ3) is 4.70. The molecule has 1 heterocycles. The number of halogens is 1. The summed E-state index contributed by atoms with van der Waals surface area (Å²) in [5.74, 6) is -0.299. The summed E-state index contributed by atoms with van der Waals surface area (Å²) in [6, 6.07) is 6.32. The Bertz CT molecular complexity index is 526. The Morgan fingerprint density at radius 1 is 1.23 bits per heavy atom. The molecule has 22 heavy (non-hydrogen) atoms. The molecule has 4 nitrogen and oxygen atoms in total. The fourth-order valence-corrected chi connectivity index (χ4v) is 3.48. The van der Waals surface area contributed by atoms with E-state index < -0.39 is 0 Å². The molecule has 1 aliphatic rings. The predicted molar refractivity (Wildman–Crippen MR) is 86.1 cm³/mol. The zero-order valence-electron chi connectivity index (χ0n) is 13.8. The molecule has 1 aliphatic heterocycles. The number of benzene rings is 1. The van der Waals surface area contributed by atoms with Crippen LogP contribution in [0, 0.1) is 5.82 Å². The van der Waals surface area contributed by atoms with Gasteiger partial charge in [-0.15, -0.1) is 0 Å². The maximum Gasteiger partial charge on any atom is 0.315 e. The van der Waals surface area contributed by atoms with Gasteiger partial charge in [-0.1, -0.05) is 18.2 Å². The Kier molecular flexibility index (Phi) is 4.75. The van der Waals surface area contributed by atoms with Gasteiger partial charge in [0.2, 0.25) is 0 Å². The molecule has 1 aromatic carbocycles. The highest BCUT2D eigenvalue weighted by Gasteiger charge is 2.38. The number of hydrogen-bond donors (Lipinski definition) is 3. The van der Waals surface area contributed by atoms with Crippen LogP contribution in [0.3, 0.4) is 0 Å². The number of nitrogens with one attached hydrogen (secondary N) is 3. The zero-order chi connectivity index (χ0) is 16.4. The number of rotatable bonds is 3. The molecule has 0 aromatic heterocycles. The first-order chi connectivity index (χ1) is 10.2. The maximum absolute atomic E-state index is 13.5. The lowest BCUT2D eigenvalue weighted by molar-refractivity contribution is 0.147. The van der Waals surface area contributed by atoms with Crippen LogP contribution in [0.1, 0.15) is 46.1 Å². The van der Waals surface area contributed by atoms with Gasteiger partial charge in [0.25, 0.3) is 0 Å². The first-order valence-electron chi connectivity index (χ1n) is 7.74. The summed E-state index contributed by atoms with van der Waals surface area (Å²) >= 11 is 0. The van der Waals surface area contributed by atoms with Crippen LogP contribution in [-0.4, -0.2) is 23.2 Å². The van der Waals surface area contributed by atoms with Crippen molar-refractivity contribution in [2.24, 2.45) is 0 Å². The van der Waals surface area contributed by atoms with Crippen LogP contribution in [-0.2, 0) is 6.54 Å². The summed E-state index contributed by atoms with van der Waals surface area (Å²) in [5.41, 5.74) is 0.444. The monoisotopic (exact) mass is 307 g/mol. The Labute approximate surface area is 131 Å². The average Bonchev–Trinajstić information content (AvgIpc) is 2.33. The molecule has 3 N–H and O–H groups in total. The second-order valence-electron chi connectivity index (χ2n) is 7.42. The molecule has 0 atom stereocenters. The SMILES string of the molecule is CC1(C)CC(NC(=O)NCc2ccccc2F)CC(C)(C)N1. The summed E-state index contributed by atoms with van der Waals surface area (Å²) in [4.78, 5) is 12.1. The van der Waals surface area contributed by atoms with Gasteiger partial charge in [0.1, 0.15) is 5.82 Å². The number of carbonyl (C=O) groups excluding carboxylic acids is 1. The summed E-state index contributed by atoms with van der Waals surface area (Å²) in [5, 5.41) is 9.32. The number of urea groups is 1. The molecular weight excluding hydrogens is 281 g/mol. The third-order valence-corrected chi connectivity index (χ3v) is 3.92. The van der Waals surface area contributed by atoms with Gasteiger partial charge in [-0.05, 0) is 46.6 Å². The van der Waals surface area contributed by atoms with Crippen molar-refractivity contribution in [3.63, 3.8) is 0 Å². The summed E-state index contributed by atoms with van der Waals surface area (Å²) < 4.78 is 13.5. The number of carbonyl (C=O) groups is 1. The topological polar surface area (TPSA) is 53.2 Å². The first-order valence-corrected chi connectivity index (χ1v) is 7.74. The van der Waals surface area contributed by atoms with Crippen LogP contribution in [0.5, 0.6) is 0 Å². The van der Waals surface area contributed by atoms with Crippen molar-refractivity contribution in [2.75, 3.05) is 0 Å². The van der Waals surface area contributed by atoms with E-state index in [9.17, 15) is 9.18 Å².